The summed E-state index contributed by atoms with van der Waals surface area (Å²) in [6.07, 6.45) is 1.02. The first-order valence-electron chi connectivity index (χ1n) is 6.16. The summed E-state index contributed by atoms with van der Waals surface area (Å²) in [6.45, 7) is 2.99. The normalized spacial score (nSPS) is 12.7. The zero-order valence-corrected chi connectivity index (χ0v) is 16.3. The van der Waals surface area contributed by atoms with Gasteiger partial charge in [-0.15, -0.1) is 11.3 Å². The van der Waals surface area contributed by atoms with Gasteiger partial charge in [0.1, 0.15) is 5.82 Å². The number of rotatable bonds is 5. The van der Waals surface area contributed by atoms with Crippen LogP contribution in [-0.4, -0.2) is 6.54 Å². The topological polar surface area (TPSA) is 12.0 Å². The Bertz CT molecular complexity index is 581. The maximum Gasteiger partial charge on any atom is 0.123 e. The van der Waals surface area contributed by atoms with Crippen molar-refractivity contribution in [1.82, 2.24) is 5.32 Å². The number of thiophene rings is 1. The molecule has 6 heteroatoms. The highest BCUT2D eigenvalue weighted by Gasteiger charge is 2.20. The van der Waals surface area contributed by atoms with Gasteiger partial charge in [0.2, 0.25) is 0 Å². The summed E-state index contributed by atoms with van der Waals surface area (Å²) in [5, 5.41) is 3.48. The maximum atomic E-state index is 13.6. The Morgan fingerprint density at radius 1 is 1.20 bits per heavy atom. The Morgan fingerprint density at radius 3 is 2.55 bits per heavy atom. The van der Waals surface area contributed by atoms with E-state index in [1.54, 1.807) is 23.5 Å². The maximum absolute atomic E-state index is 13.6. The summed E-state index contributed by atoms with van der Waals surface area (Å²) in [4.78, 5) is 1.14. The molecule has 0 fully saturated rings. The van der Waals surface area contributed by atoms with Crippen LogP contribution in [-0.2, 0) is 0 Å². The quantitative estimate of drug-likeness (QED) is 0.526. The smallest absolute Gasteiger partial charge is 0.123 e. The third-order valence-corrected chi connectivity index (χ3v) is 6.86. The molecule has 108 valence electrons. The van der Waals surface area contributed by atoms with Crippen molar-refractivity contribution in [1.29, 1.82) is 0 Å². The van der Waals surface area contributed by atoms with Crippen LogP contribution >= 0.6 is 59.1 Å². The fourth-order valence-electron chi connectivity index (χ4n) is 1.89. The summed E-state index contributed by atoms with van der Waals surface area (Å²) in [5.74, 6) is -0.221. The Kier molecular flexibility index (Phi) is 6.23. The molecule has 0 aliphatic heterocycles. The van der Waals surface area contributed by atoms with Crippen LogP contribution in [0.25, 0.3) is 0 Å². The lowest BCUT2D eigenvalue weighted by molar-refractivity contribution is 0.589. The van der Waals surface area contributed by atoms with Gasteiger partial charge in [0.25, 0.3) is 0 Å². The van der Waals surface area contributed by atoms with Crippen LogP contribution in [0, 0.1) is 5.82 Å². The number of benzene rings is 1. The predicted octanol–water partition coefficient (Wildman–Crippen LogP) is 6.26. The average Bonchev–Trinajstić information content (AvgIpc) is 2.74. The second kappa shape index (κ2) is 7.49. The summed E-state index contributed by atoms with van der Waals surface area (Å²) in [6, 6.07) is 6.85. The van der Waals surface area contributed by atoms with Crippen LogP contribution in [0.3, 0.4) is 0 Å². The molecule has 0 aliphatic carbocycles. The predicted molar refractivity (Wildman–Crippen MR) is 94.0 cm³/mol. The number of hydrogen-bond acceptors (Lipinski definition) is 2. The first-order valence-corrected chi connectivity index (χ1v) is 9.35. The van der Waals surface area contributed by atoms with Gasteiger partial charge in [-0.1, -0.05) is 22.9 Å². The molecule has 2 rings (SSSR count). The van der Waals surface area contributed by atoms with Gasteiger partial charge in [0.15, 0.2) is 0 Å². The zero-order valence-electron chi connectivity index (χ0n) is 10.7. The summed E-state index contributed by atoms with van der Waals surface area (Å²) in [7, 11) is 0. The van der Waals surface area contributed by atoms with E-state index in [-0.39, 0.29) is 11.9 Å². The van der Waals surface area contributed by atoms with Gasteiger partial charge in [0.05, 0.1) is 9.83 Å². The molecule has 1 N–H and O–H groups in total. The lowest BCUT2D eigenvalue weighted by Crippen LogP contribution is -2.22. The van der Waals surface area contributed by atoms with Crippen LogP contribution in [0.4, 0.5) is 4.39 Å². The Balaban J connectivity index is 2.43. The molecular formula is C14H13Br3FNS. The number of hydrogen-bond donors (Lipinski definition) is 1. The van der Waals surface area contributed by atoms with Crippen LogP contribution in [0.5, 0.6) is 0 Å². The van der Waals surface area contributed by atoms with E-state index in [0.29, 0.717) is 0 Å². The minimum Gasteiger partial charge on any atom is -0.306 e. The van der Waals surface area contributed by atoms with Gasteiger partial charge in [0, 0.05) is 13.8 Å². The molecule has 1 atom stereocenters. The van der Waals surface area contributed by atoms with E-state index in [9.17, 15) is 4.39 Å². The molecule has 1 heterocycles. The first-order chi connectivity index (χ1) is 9.52. The van der Waals surface area contributed by atoms with E-state index in [2.05, 4.69) is 66.1 Å². The van der Waals surface area contributed by atoms with Crippen LogP contribution in [0.1, 0.15) is 29.8 Å². The van der Waals surface area contributed by atoms with Crippen molar-refractivity contribution < 1.29 is 4.39 Å². The second-order valence-electron chi connectivity index (χ2n) is 4.32. The van der Waals surface area contributed by atoms with Crippen molar-refractivity contribution in [2.24, 2.45) is 0 Å². The number of nitrogens with one attached hydrogen (secondary N) is 1. The second-order valence-corrected chi connectivity index (χ2v) is 8.43. The minimum absolute atomic E-state index is 0.0207. The molecule has 0 bridgehead atoms. The zero-order chi connectivity index (χ0) is 14.7. The van der Waals surface area contributed by atoms with Crippen LogP contribution in [0.2, 0.25) is 0 Å². The van der Waals surface area contributed by atoms with Gasteiger partial charge in [-0.3, -0.25) is 0 Å². The summed E-state index contributed by atoms with van der Waals surface area (Å²) >= 11 is 12.2. The molecule has 20 heavy (non-hydrogen) atoms. The van der Waals surface area contributed by atoms with E-state index in [4.69, 9.17) is 0 Å². The van der Waals surface area contributed by atoms with Crippen molar-refractivity contribution in [3.63, 3.8) is 0 Å². The average molecular weight is 486 g/mol. The third kappa shape index (κ3) is 3.91. The molecule has 0 radical (unpaired) electrons. The Labute approximate surface area is 147 Å². The highest BCUT2D eigenvalue weighted by molar-refractivity contribution is 9.13. The van der Waals surface area contributed by atoms with Gasteiger partial charge in [-0.25, -0.2) is 4.39 Å². The Hall–Kier alpha value is 0.250. The molecular weight excluding hydrogens is 473 g/mol. The van der Waals surface area contributed by atoms with Gasteiger partial charge >= 0.3 is 0 Å². The molecule has 0 saturated carbocycles. The van der Waals surface area contributed by atoms with E-state index >= 15 is 0 Å². The molecule has 0 amide bonds. The van der Waals surface area contributed by atoms with Crippen molar-refractivity contribution >= 4 is 59.1 Å². The Morgan fingerprint density at radius 2 is 1.95 bits per heavy atom. The standard InChI is InChI=1S/C14H13Br3FNS/c1-2-5-19-13(12-7-11(16)14(17)20-12)9-6-8(18)3-4-10(9)15/h3-4,6-7,13,19H,2,5H2,1H3. The SMILES string of the molecule is CCCNC(c1cc(Br)c(Br)s1)c1cc(F)ccc1Br. The van der Waals surface area contributed by atoms with Crippen molar-refractivity contribution in [2.75, 3.05) is 6.54 Å². The lowest BCUT2D eigenvalue weighted by Gasteiger charge is -2.19. The van der Waals surface area contributed by atoms with E-state index < -0.39 is 0 Å². The van der Waals surface area contributed by atoms with E-state index in [1.165, 1.54) is 6.07 Å². The molecule has 0 spiro atoms. The molecule has 2 aromatic rings. The lowest BCUT2D eigenvalue weighted by atomic mass is 10.1. The largest absolute Gasteiger partial charge is 0.306 e. The summed E-state index contributed by atoms with van der Waals surface area (Å²) < 4.78 is 16.5. The highest BCUT2D eigenvalue weighted by Crippen LogP contribution is 2.39. The third-order valence-electron chi connectivity index (χ3n) is 2.82. The van der Waals surface area contributed by atoms with Crippen molar-refractivity contribution in [3.05, 3.63) is 53.3 Å². The highest BCUT2D eigenvalue weighted by atomic mass is 79.9. The summed E-state index contributed by atoms with van der Waals surface area (Å²) in [5.41, 5.74) is 0.916. The van der Waals surface area contributed by atoms with Crippen LogP contribution < -0.4 is 5.32 Å². The molecule has 1 aromatic carbocycles. The molecule has 1 unspecified atom stereocenters. The fourth-order valence-corrected chi connectivity index (χ4v) is 4.55. The van der Waals surface area contributed by atoms with Crippen molar-refractivity contribution in [2.45, 2.75) is 19.4 Å². The molecule has 0 saturated heterocycles. The van der Waals surface area contributed by atoms with Gasteiger partial charge in [-0.2, -0.15) is 0 Å². The van der Waals surface area contributed by atoms with Gasteiger partial charge in [-0.05, 0) is 74.7 Å². The number of halogens is 4. The van der Waals surface area contributed by atoms with Gasteiger partial charge < -0.3 is 5.32 Å². The van der Waals surface area contributed by atoms with Crippen molar-refractivity contribution in [3.8, 4) is 0 Å². The van der Waals surface area contributed by atoms with E-state index in [1.807, 2.05) is 0 Å². The van der Waals surface area contributed by atoms with Crippen LogP contribution in [0.15, 0.2) is 37.0 Å². The minimum atomic E-state index is -0.221. The fraction of sp³-hybridized carbons (Fsp3) is 0.286. The monoisotopic (exact) mass is 483 g/mol. The first kappa shape index (κ1) is 16.6. The molecule has 1 aromatic heterocycles. The molecule has 0 aliphatic rings. The van der Waals surface area contributed by atoms with E-state index in [0.717, 1.165) is 36.1 Å². The molecule has 1 nitrogen and oxygen atoms in total.